The molecule has 2 atom stereocenters. The van der Waals surface area contributed by atoms with Crippen LogP contribution in [0.3, 0.4) is 0 Å². The zero-order valence-corrected chi connectivity index (χ0v) is 12.5. The van der Waals surface area contributed by atoms with Crippen molar-refractivity contribution >= 4 is 15.9 Å². The van der Waals surface area contributed by atoms with Crippen molar-refractivity contribution in [3.63, 3.8) is 0 Å². The predicted molar refractivity (Wildman–Crippen MR) is 77.4 cm³/mol. The number of rotatable bonds is 5. The summed E-state index contributed by atoms with van der Waals surface area (Å²) < 4.78 is 1.20. The van der Waals surface area contributed by atoms with Gasteiger partial charge in [-0.05, 0) is 30.0 Å². The average molecular weight is 296 g/mol. The Morgan fingerprint density at radius 1 is 1.47 bits per heavy atom. The molecule has 1 nitrogen and oxygen atoms in total. The first-order valence-corrected chi connectivity index (χ1v) is 7.37. The van der Waals surface area contributed by atoms with E-state index >= 15 is 0 Å². The van der Waals surface area contributed by atoms with E-state index in [9.17, 15) is 0 Å². The monoisotopic (exact) mass is 295 g/mol. The van der Waals surface area contributed by atoms with E-state index < -0.39 is 0 Å². The van der Waals surface area contributed by atoms with Crippen LogP contribution in [-0.4, -0.2) is 12.6 Å². The molecule has 2 heteroatoms. The van der Waals surface area contributed by atoms with Crippen molar-refractivity contribution in [2.45, 2.75) is 45.1 Å². The lowest BCUT2D eigenvalue weighted by molar-refractivity contribution is 0.487. The molecule has 0 bridgehead atoms. The van der Waals surface area contributed by atoms with Crippen LogP contribution < -0.4 is 5.32 Å². The molecule has 1 N–H and O–H groups in total. The van der Waals surface area contributed by atoms with E-state index in [0.29, 0.717) is 11.5 Å². The lowest BCUT2D eigenvalue weighted by Gasteiger charge is -2.21. The van der Waals surface area contributed by atoms with Crippen molar-refractivity contribution in [1.29, 1.82) is 0 Å². The Morgan fingerprint density at radius 2 is 2.24 bits per heavy atom. The van der Waals surface area contributed by atoms with E-state index in [2.05, 4.69) is 66.3 Å². The summed E-state index contributed by atoms with van der Waals surface area (Å²) in [6.07, 6.45) is 2.62. The van der Waals surface area contributed by atoms with Crippen molar-refractivity contribution < 1.29 is 0 Å². The predicted octanol–water partition coefficient (Wildman–Crippen LogP) is 4.11. The van der Waals surface area contributed by atoms with Crippen LogP contribution in [0.1, 0.15) is 39.2 Å². The molecule has 17 heavy (non-hydrogen) atoms. The van der Waals surface area contributed by atoms with Crippen LogP contribution in [0, 0.1) is 5.92 Å². The van der Waals surface area contributed by atoms with Crippen molar-refractivity contribution in [3.8, 4) is 0 Å². The van der Waals surface area contributed by atoms with E-state index in [1.54, 1.807) is 0 Å². The van der Waals surface area contributed by atoms with Crippen LogP contribution in [0.25, 0.3) is 0 Å². The van der Waals surface area contributed by atoms with Gasteiger partial charge in [-0.25, -0.2) is 0 Å². The number of benzene rings is 1. The van der Waals surface area contributed by atoms with Gasteiger partial charge in [-0.1, -0.05) is 55.3 Å². The minimum absolute atomic E-state index is 0.392. The Labute approximate surface area is 113 Å². The lowest BCUT2D eigenvalue weighted by Crippen LogP contribution is -2.33. The third-order valence-electron chi connectivity index (χ3n) is 3.95. The topological polar surface area (TPSA) is 12.0 Å². The fourth-order valence-corrected chi connectivity index (χ4v) is 3.17. The van der Waals surface area contributed by atoms with Gasteiger partial charge in [-0.2, -0.15) is 0 Å². The standard InChI is InChI=1S/C15H22BrN/c1-4-12-9-15(12,10-17-11(2)3)13-6-5-7-14(16)8-13/h5-8,11-12,17H,4,9-10H2,1-3H3. The molecule has 1 aliphatic rings. The van der Waals surface area contributed by atoms with Crippen LogP contribution in [-0.2, 0) is 5.41 Å². The Balaban J connectivity index is 2.18. The molecular formula is C15H22BrN. The van der Waals surface area contributed by atoms with Crippen molar-refractivity contribution in [2.75, 3.05) is 6.54 Å². The molecule has 0 aliphatic heterocycles. The highest BCUT2D eigenvalue weighted by atomic mass is 79.9. The van der Waals surface area contributed by atoms with Crippen LogP contribution in [0.4, 0.5) is 0 Å². The molecule has 0 heterocycles. The summed E-state index contributed by atoms with van der Waals surface area (Å²) in [6.45, 7) is 7.86. The molecule has 1 saturated carbocycles. The molecule has 0 saturated heterocycles. The zero-order valence-electron chi connectivity index (χ0n) is 11.0. The summed E-state index contributed by atoms with van der Waals surface area (Å²) >= 11 is 3.58. The maximum Gasteiger partial charge on any atom is 0.0178 e. The summed E-state index contributed by atoms with van der Waals surface area (Å²) in [4.78, 5) is 0. The van der Waals surface area contributed by atoms with Gasteiger partial charge in [-0.15, -0.1) is 0 Å². The van der Waals surface area contributed by atoms with Crippen molar-refractivity contribution in [1.82, 2.24) is 5.32 Å². The van der Waals surface area contributed by atoms with E-state index in [1.165, 1.54) is 22.9 Å². The molecule has 2 unspecified atom stereocenters. The highest BCUT2D eigenvalue weighted by Crippen LogP contribution is 2.55. The Hall–Kier alpha value is -0.340. The fraction of sp³-hybridized carbons (Fsp3) is 0.600. The van der Waals surface area contributed by atoms with Gasteiger partial charge in [-0.3, -0.25) is 0 Å². The zero-order chi connectivity index (χ0) is 12.5. The molecule has 94 valence electrons. The summed E-state index contributed by atoms with van der Waals surface area (Å²) in [5, 5.41) is 3.62. The number of nitrogens with one attached hydrogen (secondary N) is 1. The molecule has 0 spiro atoms. The Morgan fingerprint density at radius 3 is 2.76 bits per heavy atom. The molecule has 1 aromatic rings. The second-order valence-corrected chi connectivity index (χ2v) is 6.43. The summed E-state index contributed by atoms with van der Waals surface area (Å²) in [6, 6.07) is 9.40. The largest absolute Gasteiger partial charge is 0.314 e. The van der Waals surface area contributed by atoms with Gasteiger partial charge in [0.2, 0.25) is 0 Å². The minimum atomic E-state index is 0.392. The first-order valence-electron chi connectivity index (χ1n) is 6.58. The molecule has 1 aliphatic carbocycles. The molecule has 0 radical (unpaired) electrons. The van der Waals surface area contributed by atoms with E-state index in [0.717, 1.165) is 12.5 Å². The minimum Gasteiger partial charge on any atom is -0.314 e. The van der Waals surface area contributed by atoms with Crippen molar-refractivity contribution in [3.05, 3.63) is 34.3 Å². The molecule has 1 aromatic carbocycles. The normalized spacial score (nSPS) is 27.5. The second kappa shape index (κ2) is 5.11. The summed E-state index contributed by atoms with van der Waals surface area (Å²) in [7, 11) is 0. The highest BCUT2D eigenvalue weighted by Gasteiger charge is 2.53. The van der Waals surface area contributed by atoms with Crippen molar-refractivity contribution in [2.24, 2.45) is 5.92 Å². The SMILES string of the molecule is CCC1CC1(CNC(C)C)c1cccc(Br)c1. The van der Waals surface area contributed by atoms with Gasteiger partial charge in [0, 0.05) is 22.5 Å². The lowest BCUT2D eigenvalue weighted by atomic mass is 9.92. The smallest absolute Gasteiger partial charge is 0.0178 e. The number of hydrogen-bond acceptors (Lipinski definition) is 1. The third-order valence-corrected chi connectivity index (χ3v) is 4.44. The van der Waals surface area contributed by atoms with E-state index in [-0.39, 0.29) is 0 Å². The second-order valence-electron chi connectivity index (χ2n) is 5.51. The molecule has 2 rings (SSSR count). The Bertz CT molecular complexity index is 388. The fourth-order valence-electron chi connectivity index (χ4n) is 2.77. The van der Waals surface area contributed by atoms with E-state index in [4.69, 9.17) is 0 Å². The quantitative estimate of drug-likeness (QED) is 0.862. The number of halogens is 1. The third kappa shape index (κ3) is 2.74. The molecular weight excluding hydrogens is 274 g/mol. The highest BCUT2D eigenvalue weighted by molar-refractivity contribution is 9.10. The first-order chi connectivity index (χ1) is 8.08. The van der Waals surface area contributed by atoms with Gasteiger partial charge < -0.3 is 5.32 Å². The average Bonchev–Trinajstić information content (AvgIpc) is 3.01. The van der Waals surface area contributed by atoms with Crippen LogP contribution in [0.5, 0.6) is 0 Å². The Kier molecular flexibility index (Phi) is 3.94. The van der Waals surface area contributed by atoms with Gasteiger partial charge in [0.15, 0.2) is 0 Å². The summed E-state index contributed by atoms with van der Waals surface area (Å²) in [5.41, 5.74) is 1.88. The number of hydrogen-bond donors (Lipinski definition) is 1. The van der Waals surface area contributed by atoms with Gasteiger partial charge in [0.05, 0.1) is 0 Å². The maximum absolute atomic E-state index is 3.62. The van der Waals surface area contributed by atoms with Gasteiger partial charge >= 0.3 is 0 Å². The molecule has 1 fully saturated rings. The molecule has 0 aromatic heterocycles. The van der Waals surface area contributed by atoms with Crippen LogP contribution in [0.2, 0.25) is 0 Å². The first kappa shape index (κ1) is 13.1. The van der Waals surface area contributed by atoms with Crippen LogP contribution in [0.15, 0.2) is 28.7 Å². The van der Waals surface area contributed by atoms with Crippen LogP contribution >= 0.6 is 15.9 Å². The maximum atomic E-state index is 3.62. The van der Waals surface area contributed by atoms with Gasteiger partial charge in [0.1, 0.15) is 0 Å². The molecule has 0 amide bonds. The van der Waals surface area contributed by atoms with Gasteiger partial charge in [0.25, 0.3) is 0 Å². The van der Waals surface area contributed by atoms with E-state index in [1.807, 2.05) is 0 Å². The summed E-state index contributed by atoms with van der Waals surface area (Å²) in [5.74, 6) is 0.850.